The zero-order chi connectivity index (χ0) is 27.9. The van der Waals surface area contributed by atoms with Crippen molar-refractivity contribution >= 4 is 27.5 Å². The van der Waals surface area contributed by atoms with Crippen LogP contribution in [0.3, 0.4) is 0 Å². The minimum Gasteiger partial charge on any atom is -0.497 e. The van der Waals surface area contributed by atoms with E-state index < -0.39 is 34.3 Å². The maximum atomic E-state index is 13.8. The lowest BCUT2D eigenvalue weighted by atomic mass is 10.1. The van der Waals surface area contributed by atoms with Crippen LogP contribution < -0.4 is 14.4 Å². The lowest BCUT2D eigenvalue weighted by Gasteiger charge is -2.33. The van der Waals surface area contributed by atoms with Crippen LogP contribution in [0.4, 0.5) is 10.1 Å². The molecule has 0 bridgehead atoms. The summed E-state index contributed by atoms with van der Waals surface area (Å²) >= 11 is 0. The molecule has 0 fully saturated rings. The fourth-order valence-electron chi connectivity index (χ4n) is 3.99. The van der Waals surface area contributed by atoms with Crippen molar-refractivity contribution in [2.24, 2.45) is 0 Å². The zero-order valence-electron chi connectivity index (χ0n) is 21.8. The summed E-state index contributed by atoms with van der Waals surface area (Å²) in [6.45, 7) is 3.15. The molecular weight excluding hydrogens is 509 g/mol. The second-order valence-electron chi connectivity index (χ2n) is 8.71. The first kappa shape index (κ1) is 28.6. The average molecular weight is 542 g/mol. The second-order valence-corrected chi connectivity index (χ2v) is 10.6. The molecule has 0 spiro atoms. The number of hydrogen-bond acceptors (Lipinski definition) is 5. The number of hydrogen-bond donors (Lipinski definition) is 1. The summed E-state index contributed by atoms with van der Waals surface area (Å²) in [6, 6.07) is 17.3. The van der Waals surface area contributed by atoms with E-state index in [0.29, 0.717) is 12.2 Å². The Labute approximate surface area is 223 Å². The van der Waals surface area contributed by atoms with Crippen molar-refractivity contribution in [3.63, 3.8) is 0 Å². The van der Waals surface area contributed by atoms with Crippen LogP contribution >= 0.6 is 0 Å². The van der Waals surface area contributed by atoms with Crippen LogP contribution in [0.15, 0.2) is 77.7 Å². The van der Waals surface area contributed by atoms with Crippen molar-refractivity contribution in [2.75, 3.05) is 25.0 Å². The topological polar surface area (TPSA) is 96.0 Å². The summed E-state index contributed by atoms with van der Waals surface area (Å²) in [4.78, 5) is 27.8. The number of rotatable bonds is 11. The monoisotopic (exact) mass is 541 g/mol. The number of likely N-dealkylation sites (N-methyl/N-ethyl adjacent to an activating group) is 1. The van der Waals surface area contributed by atoms with Crippen LogP contribution in [0.1, 0.15) is 24.5 Å². The van der Waals surface area contributed by atoms with E-state index in [1.807, 2.05) is 6.92 Å². The molecule has 3 rings (SSSR count). The molecule has 0 aliphatic rings. The van der Waals surface area contributed by atoms with Gasteiger partial charge in [0.2, 0.25) is 11.8 Å². The van der Waals surface area contributed by atoms with E-state index in [9.17, 15) is 22.4 Å². The van der Waals surface area contributed by atoms with E-state index >= 15 is 0 Å². The van der Waals surface area contributed by atoms with Crippen LogP contribution in [0.2, 0.25) is 0 Å². The Bertz CT molecular complexity index is 1340. The lowest BCUT2D eigenvalue weighted by Crippen LogP contribution is -2.51. The molecule has 0 aromatic heterocycles. The number of amides is 2. The molecule has 2 amide bonds. The first-order valence-electron chi connectivity index (χ1n) is 12.1. The normalized spacial score (nSPS) is 11.9. The molecule has 0 radical (unpaired) electrons. The number of carbonyl (C=O) groups excluding carboxylic acids is 2. The summed E-state index contributed by atoms with van der Waals surface area (Å²) in [6.07, 6.45) is 0.316. The van der Waals surface area contributed by atoms with Gasteiger partial charge >= 0.3 is 0 Å². The molecular formula is C28H32FN3O5S. The summed E-state index contributed by atoms with van der Waals surface area (Å²) in [5.41, 5.74) is 1.92. The number of benzene rings is 3. The molecule has 3 aromatic carbocycles. The number of nitrogens with zero attached hydrogens (tertiary/aromatic N) is 2. The molecule has 0 saturated carbocycles. The summed E-state index contributed by atoms with van der Waals surface area (Å²) in [5.74, 6) is -0.870. The molecule has 10 heteroatoms. The fraction of sp³-hybridized carbons (Fsp3) is 0.286. The summed E-state index contributed by atoms with van der Waals surface area (Å²) < 4.78 is 47.1. The van der Waals surface area contributed by atoms with E-state index in [0.717, 1.165) is 39.7 Å². The van der Waals surface area contributed by atoms with Crippen LogP contribution in [0.25, 0.3) is 0 Å². The third-order valence-corrected chi connectivity index (χ3v) is 7.93. The molecule has 0 aliphatic carbocycles. The molecule has 1 unspecified atom stereocenters. The highest BCUT2D eigenvalue weighted by atomic mass is 32.2. The van der Waals surface area contributed by atoms with Crippen molar-refractivity contribution in [3.8, 4) is 5.75 Å². The SMILES string of the molecule is CCC(C(=O)NC)N(Cc1ccc(OC)cc1)C(=O)CN(c1ccc(C)cc1)S(=O)(=O)c1ccc(F)cc1. The number of halogens is 1. The Kier molecular flexibility index (Phi) is 9.46. The Morgan fingerprint density at radius 1 is 0.974 bits per heavy atom. The predicted octanol–water partition coefficient (Wildman–Crippen LogP) is 3.89. The van der Waals surface area contributed by atoms with Gasteiger partial charge in [-0.25, -0.2) is 12.8 Å². The minimum absolute atomic E-state index is 0.0765. The smallest absolute Gasteiger partial charge is 0.264 e. The van der Waals surface area contributed by atoms with Gasteiger partial charge in [0.15, 0.2) is 0 Å². The number of ether oxygens (including phenoxy) is 1. The number of carbonyl (C=O) groups is 2. The fourth-order valence-corrected chi connectivity index (χ4v) is 5.40. The van der Waals surface area contributed by atoms with Gasteiger partial charge in [-0.3, -0.25) is 13.9 Å². The predicted molar refractivity (Wildman–Crippen MR) is 144 cm³/mol. The highest BCUT2D eigenvalue weighted by Crippen LogP contribution is 2.25. The van der Waals surface area contributed by atoms with E-state index in [1.165, 1.54) is 11.9 Å². The largest absolute Gasteiger partial charge is 0.497 e. The summed E-state index contributed by atoms with van der Waals surface area (Å²) in [5, 5.41) is 2.59. The number of nitrogens with one attached hydrogen (secondary N) is 1. The second kappa shape index (κ2) is 12.6. The molecule has 0 saturated heterocycles. The summed E-state index contributed by atoms with van der Waals surface area (Å²) in [7, 11) is -1.22. The maximum Gasteiger partial charge on any atom is 0.264 e. The third-order valence-electron chi connectivity index (χ3n) is 6.15. The van der Waals surface area contributed by atoms with Crippen LogP contribution in [0, 0.1) is 12.7 Å². The minimum atomic E-state index is -4.25. The first-order valence-corrected chi connectivity index (χ1v) is 13.5. The van der Waals surface area contributed by atoms with Crippen LogP contribution in [0.5, 0.6) is 5.75 Å². The van der Waals surface area contributed by atoms with Gasteiger partial charge in [-0.2, -0.15) is 0 Å². The Morgan fingerprint density at radius 2 is 1.58 bits per heavy atom. The molecule has 0 heterocycles. The Morgan fingerprint density at radius 3 is 2.11 bits per heavy atom. The van der Waals surface area contributed by atoms with Gasteiger partial charge < -0.3 is 15.0 Å². The molecule has 3 aromatic rings. The number of aryl methyl sites for hydroxylation is 1. The van der Waals surface area contributed by atoms with Crippen molar-refractivity contribution in [1.29, 1.82) is 0 Å². The standard InChI is InChI=1S/C28H32FN3O5S/c1-5-26(28(34)30-3)31(18-21-8-14-24(37-4)15-9-21)27(33)19-32(23-12-6-20(2)7-13-23)38(35,36)25-16-10-22(29)11-17-25/h6-17,26H,5,18-19H2,1-4H3,(H,30,34). The molecule has 1 atom stereocenters. The van der Waals surface area contributed by atoms with E-state index in [1.54, 1.807) is 62.6 Å². The number of anilines is 1. The van der Waals surface area contributed by atoms with Crippen molar-refractivity contribution in [2.45, 2.75) is 37.8 Å². The average Bonchev–Trinajstić information content (AvgIpc) is 2.92. The van der Waals surface area contributed by atoms with Crippen LogP contribution in [-0.2, 0) is 26.2 Å². The van der Waals surface area contributed by atoms with E-state index in [-0.39, 0.29) is 23.0 Å². The highest BCUT2D eigenvalue weighted by Gasteiger charge is 2.33. The van der Waals surface area contributed by atoms with Crippen molar-refractivity contribution < 1.29 is 27.1 Å². The number of sulfonamides is 1. The van der Waals surface area contributed by atoms with Gasteiger partial charge in [-0.15, -0.1) is 0 Å². The molecule has 38 heavy (non-hydrogen) atoms. The molecule has 202 valence electrons. The quantitative estimate of drug-likeness (QED) is 0.397. The van der Waals surface area contributed by atoms with Crippen LogP contribution in [-0.4, -0.2) is 51.9 Å². The lowest BCUT2D eigenvalue weighted by molar-refractivity contribution is -0.140. The van der Waals surface area contributed by atoms with Gasteiger partial charge in [0.25, 0.3) is 10.0 Å². The third kappa shape index (κ3) is 6.69. The van der Waals surface area contributed by atoms with Gasteiger partial charge in [0.1, 0.15) is 24.2 Å². The van der Waals surface area contributed by atoms with Gasteiger partial charge in [0.05, 0.1) is 17.7 Å². The van der Waals surface area contributed by atoms with E-state index in [4.69, 9.17) is 4.74 Å². The Balaban J connectivity index is 2.03. The first-order chi connectivity index (χ1) is 18.1. The van der Waals surface area contributed by atoms with Crippen molar-refractivity contribution in [3.05, 3.63) is 89.7 Å². The van der Waals surface area contributed by atoms with E-state index in [2.05, 4.69) is 5.32 Å². The van der Waals surface area contributed by atoms with Crippen molar-refractivity contribution in [1.82, 2.24) is 10.2 Å². The van der Waals surface area contributed by atoms with Gasteiger partial charge in [0, 0.05) is 13.6 Å². The number of methoxy groups -OCH3 is 1. The maximum absolute atomic E-state index is 13.8. The molecule has 0 aliphatic heterocycles. The Hall–Kier alpha value is -3.92. The highest BCUT2D eigenvalue weighted by molar-refractivity contribution is 7.92. The zero-order valence-corrected chi connectivity index (χ0v) is 22.7. The van der Waals surface area contributed by atoms with Gasteiger partial charge in [-0.05, 0) is 67.4 Å². The molecule has 8 nitrogen and oxygen atoms in total. The van der Waals surface area contributed by atoms with Gasteiger partial charge in [-0.1, -0.05) is 36.8 Å². The molecule has 1 N–H and O–H groups in total.